The summed E-state index contributed by atoms with van der Waals surface area (Å²) in [6, 6.07) is 14.1. The number of ether oxygens (including phenoxy) is 1. The monoisotopic (exact) mass is 326 g/mol. The van der Waals surface area contributed by atoms with Crippen LogP contribution in [0.15, 0.2) is 42.5 Å². The van der Waals surface area contributed by atoms with Crippen molar-refractivity contribution >= 4 is 17.9 Å². The van der Waals surface area contributed by atoms with E-state index < -0.39 is 0 Å². The van der Waals surface area contributed by atoms with Crippen LogP contribution in [0, 0.1) is 11.7 Å². The van der Waals surface area contributed by atoms with E-state index >= 15 is 0 Å². The highest BCUT2D eigenvalue weighted by Gasteiger charge is 2.05. The maximum atomic E-state index is 5.17. The van der Waals surface area contributed by atoms with Gasteiger partial charge in [-0.2, -0.15) is 4.98 Å². The van der Waals surface area contributed by atoms with E-state index in [1.165, 1.54) is 11.1 Å². The molecule has 0 saturated carbocycles. The lowest BCUT2D eigenvalue weighted by atomic mass is 10.0. The van der Waals surface area contributed by atoms with Crippen molar-refractivity contribution in [1.82, 2.24) is 15.2 Å². The lowest BCUT2D eigenvalue weighted by molar-refractivity contribution is 0.415. The minimum atomic E-state index is 0.457. The van der Waals surface area contributed by atoms with Crippen molar-refractivity contribution in [2.75, 3.05) is 12.4 Å². The number of rotatable bonds is 5. The van der Waals surface area contributed by atoms with E-state index in [0.29, 0.717) is 4.77 Å². The molecule has 0 spiro atoms. The Morgan fingerprint density at radius 1 is 1.13 bits per heavy atom. The zero-order chi connectivity index (χ0) is 16.2. The first-order valence-electron chi connectivity index (χ1n) is 7.28. The van der Waals surface area contributed by atoms with Crippen LogP contribution >= 0.6 is 12.2 Å². The standard InChI is InChI=1S/C17H18N4OS/c1-11-3-4-12(16-19-17(23)21-20-16)9-13(11)10-18-14-5-7-15(22-2)8-6-14/h3-9,18H,10H2,1-2H3,(H2,19,20,21,23). The van der Waals surface area contributed by atoms with Crippen LogP contribution in [-0.2, 0) is 6.54 Å². The first-order chi connectivity index (χ1) is 11.2. The van der Waals surface area contributed by atoms with Crippen LogP contribution in [0.4, 0.5) is 5.69 Å². The molecule has 0 fully saturated rings. The summed E-state index contributed by atoms with van der Waals surface area (Å²) < 4.78 is 5.63. The number of anilines is 1. The summed E-state index contributed by atoms with van der Waals surface area (Å²) in [5.74, 6) is 1.60. The van der Waals surface area contributed by atoms with Gasteiger partial charge in [-0.25, -0.2) is 0 Å². The third kappa shape index (κ3) is 3.60. The summed E-state index contributed by atoms with van der Waals surface area (Å²) in [6.45, 7) is 2.83. The average molecular weight is 326 g/mol. The van der Waals surface area contributed by atoms with Gasteiger partial charge in [0.2, 0.25) is 4.77 Å². The van der Waals surface area contributed by atoms with E-state index in [2.05, 4.69) is 39.6 Å². The molecule has 0 radical (unpaired) electrons. The molecule has 0 unspecified atom stereocenters. The predicted molar refractivity (Wildman–Crippen MR) is 94.3 cm³/mol. The Labute approximate surface area is 139 Å². The minimum absolute atomic E-state index is 0.457. The topological polar surface area (TPSA) is 65.7 Å². The second-order valence-corrected chi connectivity index (χ2v) is 5.63. The summed E-state index contributed by atoms with van der Waals surface area (Å²) >= 11 is 5.01. The molecular formula is C17H18N4OS. The molecule has 0 aliphatic heterocycles. The number of benzene rings is 2. The van der Waals surface area contributed by atoms with Gasteiger partial charge in [0, 0.05) is 17.8 Å². The first-order valence-corrected chi connectivity index (χ1v) is 7.69. The van der Waals surface area contributed by atoms with Crippen LogP contribution in [0.25, 0.3) is 11.4 Å². The first kappa shape index (κ1) is 15.3. The van der Waals surface area contributed by atoms with Crippen molar-refractivity contribution < 1.29 is 4.74 Å². The van der Waals surface area contributed by atoms with E-state index in [9.17, 15) is 0 Å². The van der Waals surface area contributed by atoms with Crippen LogP contribution in [0.2, 0.25) is 0 Å². The maximum Gasteiger partial charge on any atom is 0.213 e. The summed E-state index contributed by atoms with van der Waals surface area (Å²) in [6.07, 6.45) is 0. The molecular weight excluding hydrogens is 308 g/mol. The second-order valence-electron chi connectivity index (χ2n) is 5.24. The van der Waals surface area contributed by atoms with Crippen LogP contribution in [0.3, 0.4) is 0 Å². The third-order valence-corrected chi connectivity index (χ3v) is 3.89. The number of aryl methyl sites for hydroxylation is 1. The van der Waals surface area contributed by atoms with Crippen LogP contribution < -0.4 is 10.1 Å². The SMILES string of the molecule is COc1ccc(NCc2cc(-c3nc(=S)[nH][nH]3)ccc2C)cc1. The zero-order valence-corrected chi connectivity index (χ0v) is 13.8. The summed E-state index contributed by atoms with van der Waals surface area (Å²) in [5.41, 5.74) is 4.49. The van der Waals surface area contributed by atoms with Gasteiger partial charge in [0.1, 0.15) is 5.75 Å². The van der Waals surface area contributed by atoms with Gasteiger partial charge < -0.3 is 10.1 Å². The van der Waals surface area contributed by atoms with Gasteiger partial charge >= 0.3 is 0 Å². The summed E-state index contributed by atoms with van der Waals surface area (Å²) in [5, 5.41) is 9.22. The molecule has 5 nitrogen and oxygen atoms in total. The lowest BCUT2D eigenvalue weighted by Gasteiger charge is -2.11. The molecule has 2 aromatic carbocycles. The Hall–Kier alpha value is -2.60. The van der Waals surface area contributed by atoms with Crippen molar-refractivity contribution in [3.8, 4) is 17.1 Å². The summed E-state index contributed by atoms with van der Waals surface area (Å²) in [7, 11) is 1.66. The maximum absolute atomic E-state index is 5.17. The number of hydrogen-bond acceptors (Lipinski definition) is 4. The Kier molecular flexibility index (Phi) is 4.43. The molecule has 1 aromatic heterocycles. The second kappa shape index (κ2) is 6.66. The molecule has 0 atom stereocenters. The van der Waals surface area contributed by atoms with Gasteiger partial charge in [-0.15, -0.1) is 0 Å². The number of nitrogens with zero attached hydrogens (tertiary/aromatic N) is 1. The van der Waals surface area contributed by atoms with E-state index in [1.54, 1.807) is 7.11 Å². The highest BCUT2D eigenvalue weighted by Crippen LogP contribution is 2.21. The Balaban J connectivity index is 1.77. The van der Waals surface area contributed by atoms with Crippen molar-refractivity contribution in [3.05, 3.63) is 58.4 Å². The number of hydrogen-bond donors (Lipinski definition) is 3. The highest BCUT2D eigenvalue weighted by molar-refractivity contribution is 7.71. The number of H-pyrrole nitrogens is 2. The number of aromatic amines is 2. The van der Waals surface area contributed by atoms with Gasteiger partial charge in [-0.05, 0) is 60.6 Å². The molecule has 1 heterocycles. The number of aromatic nitrogens is 3. The smallest absolute Gasteiger partial charge is 0.213 e. The third-order valence-electron chi connectivity index (χ3n) is 3.70. The number of nitrogens with one attached hydrogen (secondary N) is 3. The summed E-state index contributed by atoms with van der Waals surface area (Å²) in [4.78, 5) is 4.26. The molecule has 6 heteroatoms. The Bertz CT molecular complexity index is 852. The molecule has 3 N–H and O–H groups in total. The fourth-order valence-corrected chi connectivity index (χ4v) is 2.46. The predicted octanol–water partition coefficient (Wildman–Crippen LogP) is 4.06. The molecule has 0 amide bonds. The van der Waals surface area contributed by atoms with E-state index in [4.69, 9.17) is 17.0 Å². The fourth-order valence-electron chi connectivity index (χ4n) is 2.32. The van der Waals surface area contributed by atoms with Crippen LogP contribution in [0.5, 0.6) is 5.75 Å². The van der Waals surface area contributed by atoms with Crippen molar-refractivity contribution in [2.45, 2.75) is 13.5 Å². The van der Waals surface area contributed by atoms with Crippen LogP contribution in [0.1, 0.15) is 11.1 Å². The van der Waals surface area contributed by atoms with Gasteiger partial charge in [-0.1, -0.05) is 12.1 Å². The molecule has 118 valence electrons. The Morgan fingerprint density at radius 2 is 1.91 bits per heavy atom. The largest absolute Gasteiger partial charge is 0.497 e. The Morgan fingerprint density at radius 3 is 2.57 bits per heavy atom. The van der Waals surface area contributed by atoms with Gasteiger partial charge in [-0.3, -0.25) is 10.2 Å². The van der Waals surface area contributed by atoms with Crippen molar-refractivity contribution in [2.24, 2.45) is 0 Å². The minimum Gasteiger partial charge on any atom is -0.497 e. The molecule has 0 aliphatic carbocycles. The van der Waals surface area contributed by atoms with Crippen molar-refractivity contribution in [3.63, 3.8) is 0 Å². The average Bonchev–Trinajstić information content (AvgIpc) is 3.01. The quantitative estimate of drug-likeness (QED) is 0.619. The van der Waals surface area contributed by atoms with E-state index in [0.717, 1.165) is 29.4 Å². The normalized spacial score (nSPS) is 10.5. The zero-order valence-electron chi connectivity index (χ0n) is 13.0. The molecule has 23 heavy (non-hydrogen) atoms. The molecule has 0 aliphatic rings. The van der Waals surface area contributed by atoms with Crippen molar-refractivity contribution in [1.29, 1.82) is 0 Å². The van der Waals surface area contributed by atoms with E-state index in [1.807, 2.05) is 30.3 Å². The fraction of sp³-hybridized carbons (Fsp3) is 0.176. The highest BCUT2D eigenvalue weighted by atomic mass is 32.1. The molecule has 0 saturated heterocycles. The van der Waals surface area contributed by atoms with Gasteiger partial charge in [0.05, 0.1) is 7.11 Å². The molecule has 3 aromatic rings. The number of methoxy groups -OCH3 is 1. The molecule has 3 rings (SSSR count). The van der Waals surface area contributed by atoms with E-state index in [-0.39, 0.29) is 0 Å². The lowest BCUT2D eigenvalue weighted by Crippen LogP contribution is -2.01. The molecule has 0 bridgehead atoms. The van der Waals surface area contributed by atoms with Gasteiger partial charge in [0.25, 0.3) is 0 Å². The van der Waals surface area contributed by atoms with Crippen LogP contribution in [-0.4, -0.2) is 22.3 Å². The van der Waals surface area contributed by atoms with Gasteiger partial charge in [0.15, 0.2) is 5.82 Å².